The highest BCUT2D eigenvalue weighted by Gasteiger charge is 2.27. The molecule has 5 heteroatoms. The number of benzene rings is 3. The van der Waals surface area contributed by atoms with E-state index in [1.165, 1.54) is 0 Å². The molecule has 0 aliphatic carbocycles. The van der Waals surface area contributed by atoms with Gasteiger partial charge < -0.3 is 15.2 Å². The summed E-state index contributed by atoms with van der Waals surface area (Å²) < 4.78 is 5.20. The molecule has 1 amide bonds. The highest BCUT2D eigenvalue weighted by Crippen LogP contribution is 2.25. The van der Waals surface area contributed by atoms with Gasteiger partial charge in [0.15, 0.2) is 0 Å². The molecule has 148 valence electrons. The lowest BCUT2D eigenvalue weighted by Crippen LogP contribution is -2.44. The van der Waals surface area contributed by atoms with Crippen molar-refractivity contribution in [1.82, 2.24) is 5.32 Å². The molecule has 0 aliphatic heterocycles. The van der Waals surface area contributed by atoms with E-state index in [0.29, 0.717) is 5.75 Å². The summed E-state index contributed by atoms with van der Waals surface area (Å²) >= 11 is 0. The van der Waals surface area contributed by atoms with Crippen LogP contribution in [0.3, 0.4) is 0 Å². The molecule has 0 aliphatic rings. The highest BCUT2D eigenvalue weighted by molar-refractivity contribution is 5.90. The first-order chi connectivity index (χ1) is 14.1. The van der Waals surface area contributed by atoms with Crippen LogP contribution in [0.1, 0.15) is 22.6 Å². The lowest BCUT2D eigenvalue weighted by molar-refractivity contribution is -0.141. The van der Waals surface area contributed by atoms with E-state index < -0.39 is 17.9 Å². The van der Waals surface area contributed by atoms with E-state index in [9.17, 15) is 14.7 Å². The average molecular weight is 389 g/mol. The van der Waals surface area contributed by atoms with Crippen LogP contribution in [0.2, 0.25) is 0 Å². The Hall–Kier alpha value is -3.60. The number of hydrogen-bond donors (Lipinski definition) is 2. The second-order valence-corrected chi connectivity index (χ2v) is 6.71. The van der Waals surface area contributed by atoms with Crippen molar-refractivity contribution in [3.63, 3.8) is 0 Å². The van der Waals surface area contributed by atoms with Crippen LogP contribution in [0, 0.1) is 0 Å². The lowest BCUT2D eigenvalue weighted by atomic mass is 9.90. The number of ether oxygens (including phenoxy) is 1. The molecule has 0 bridgehead atoms. The molecule has 5 nitrogen and oxygen atoms in total. The van der Waals surface area contributed by atoms with Gasteiger partial charge in [-0.2, -0.15) is 0 Å². The summed E-state index contributed by atoms with van der Waals surface area (Å²) in [6, 6.07) is 24.8. The number of amides is 1. The summed E-state index contributed by atoms with van der Waals surface area (Å²) in [5.74, 6) is -1.38. The normalized spacial score (nSPS) is 11.7. The third-order valence-corrected chi connectivity index (χ3v) is 4.72. The van der Waals surface area contributed by atoms with Crippen LogP contribution >= 0.6 is 0 Å². The molecule has 0 radical (unpaired) electrons. The molecule has 0 saturated carbocycles. The Kier molecular flexibility index (Phi) is 6.63. The van der Waals surface area contributed by atoms with E-state index in [1.54, 1.807) is 25.3 Å². The van der Waals surface area contributed by atoms with Gasteiger partial charge in [0.1, 0.15) is 11.8 Å². The molecule has 0 spiro atoms. The van der Waals surface area contributed by atoms with E-state index in [0.717, 1.165) is 16.7 Å². The topological polar surface area (TPSA) is 75.6 Å². The van der Waals surface area contributed by atoms with E-state index >= 15 is 0 Å². The molecule has 0 heterocycles. The van der Waals surface area contributed by atoms with Crippen LogP contribution in [0.4, 0.5) is 0 Å². The quantitative estimate of drug-likeness (QED) is 0.617. The van der Waals surface area contributed by atoms with Crippen LogP contribution in [0.15, 0.2) is 84.9 Å². The van der Waals surface area contributed by atoms with Gasteiger partial charge in [0, 0.05) is 6.42 Å². The first kappa shape index (κ1) is 20.1. The number of aliphatic carboxylic acids is 1. The van der Waals surface area contributed by atoms with E-state index in [1.807, 2.05) is 66.7 Å². The Morgan fingerprint density at radius 1 is 0.897 bits per heavy atom. The van der Waals surface area contributed by atoms with Gasteiger partial charge in [-0.25, -0.2) is 4.79 Å². The third-order valence-electron chi connectivity index (χ3n) is 4.72. The van der Waals surface area contributed by atoms with Crippen LogP contribution in [0.5, 0.6) is 5.75 Å². The molecule has 1 atom stereocenters. The maximum absolute atomic E-state index is 13.2. The molecule has 3 aromatic carbocycles. The zero-order valence-corrected chi connectivity index (χ0v) is 16.1. The van der Waals surface area contributed by atoms with Crippen molar-refractivity contribution in [2.75, 3.05) is 7.11 Å². The minimum atomic E-state index is -1.08. The van der Waals surface area contributed by atoms with Crippen molar-refractivity contribution < 1.29 is 19.4 Å². The largest absolute Gasteiger partial charge is 0.497 e. The molecule has 0 aromatic heterocycles. The molecular weight excluding hydrogens is 366 g/mol. The number of carbonyl (C=O) groups excluding carboxylic acids is 1. The fraction of sp³-hybridized carbons (Fsp3) is 0.167. The summed E-state index contributed by atoms with van der Waals surface area (Å²) in [4.78, 5) is 25.0. The van der Waals surface area contributed by atoms with E-state index in [4.69, 9.17) is 4.74 Å². The second-order valence-electron chi connectivity index (χ2n) is 6.71. The van der Waals surface area contributed by atoms with Crippen LogP contribution in [-0.2, 0) is 16.0 Å². The predicted octanol–water partition coefficient (Wildman–Crippen LogP) is 3.64. The number of carboxylic acid groups (broad SMARTS) is 1. The fourth-order valence-electron chi connectivity index (χ4n) is 3.28. The fourth-order valence-corrected chi connectivity index (χ4v) is 3.28. The van der Waals surface area contributed by atoms with Crippen LogP contribution < -0.4 is 10.1 Å². The zero-order chi connectivity index (χ0) is 20.6. The molecule has 29 heavy (non-hydrogen) atoms. The van der Waals surface area contributed by atoms with E-state index in [-0.39, 0.29) is 12.3 Å². The van der Waals surface area contributed by atoms with Crippen LogP contribution in [0.25, 0.3) is 0 Å². The van der Waals surface area contributed by atoms with Gasteiger partial charge in [-0.3, -0.25) is 4.79 Å². The maximum Gasteiger partial charge on any atom is 0.326 e. The van der Waals surface area contributed by atoms with Crippen molar-refractivity contribution in [3.05, 3.63) is 102 Å². The maximum atomic E-state index is 13.2. The van der Waals surface area contributed by atoms with Crippen molar-refractivity contribution >= 4 is 11.9 Å². The Morgan fingerprint density at radius 2 is 1.48 bits per heavy atom. The minimum absolute atomic E-state index is 0.161. The van der Waals surface area contributed by atoms with Gasteiger partial charge in [-0.15, -0.1) is 0 Å². The number of nitrogens with one attached hydrogen (secondary N) is 1. The first-order valence-electron chi connectivity index (χ1n) is 9.34. The molecule has 0 fully saturated rings. The Balaban J connectivity index is 1.85. The Bertz CT molecular complexity index is 917. The molecule has 2 N–H and O–H groups in total. The standard InChI is InChI=1S/C24H23NO4/c1-29-20-14-8-9-17(15-20)16-21(24(27)28)25-23(26)22(18-10-4-2-5-11-18)19-12-6-3-7-13-19/h2-15,21-22H,16H2,1H3,(H,25,26)(H,27,28)/t21-/m0/s1. The van der Waals surface area contributed by atoms with Crippen molar-refractivity contribution in [3.8, 4) is 5.75 Å². The van der Waals surface area contributed by atoms with Gasteiger partial charge in [0.25, 0.3) is 0 Å². The monoisotopic (exact) mass is 389 g/mol. The molecule has 3 rings (SSSR count). The second kappa shape index (κ2) is 9.55. The summed E-state index contributed by atoms with van der Waals surface area (Å²) in [7, 11) is 1.56. The van der Waals surface area contributed by atoms with Crippen LogP contribution in [-0.4, -0.2) is 30.1 Å². The van der Waals surface area contributed by atoms with Gasteiger partial charge in [0.2, 0.25) is 5.91 Å². The van der Waals surface area contributed by atoms with Crippen molar-refractivity contribution in [1.29, 1.82) is 0 Å². The van der Waals surface area contributed by atoms with Gasteiger partial charge in [0.05, 0.1) is 13.0 Å². The number of methoxy groups -OCH3 is 1. The van der Waals surface area contributed by atoms with Gasteiger partial charge in [-0.1, -0.05) is 72.8 Å². The smallest absolute Gasteiger partial charge is 0.326 e. The first-order valence-corrected chi connectivity index (χ1v) is 9.34. The third kappa shape index (κ3) is 5.23. The van der Waals surface area contributed by atoms with Crippen molar-refractivity contribution in [2.45, 2.75) is 18.4 Å². The predicted molar refractivity (Wildman–Crippen MR) is 111 cm³/mol. The number of carboxylic acids is 1. The highest BCUT2D eigenvalue weighted by atomic mass is 16.5. The summed E-state index contributed by atoms with van der Waals surface area (Å²) in [6.45, 7) is 0. The molecule has 3 aromatic rings. The number of hydrogen-bond acceptors (Lipinski definition) is 3. The summed E-state index contributed by atoms with van der Waals surface area (Å²) in [5, 5.41) is 12.4. The number of carbonyl (C=O) groups is 2. The SMILES string of the molecule is COc1cccc(C[C@H](NC(=O)C(c2ccccc2)c2ccccc2)C(=O)O)c1. The average Bonchev–Trinajstić information content (AvgIpc) is 2.75. The molecule has 0 saturated heterocycles. The summed E-state index contributed by atoms with van der Waals surface area (Å²) in [6.07, 6.45) is 0.161. The lowest BCUT2D eigenvalue weighted by Gasteiger charge is -2.21. The molecule has 0 unspecified atom stereocenters. The summed E-state index contributed by atoms with van der Waals surface area (Å²) in [5.41, 5.74) is 2.39. The number of rotatable bonds is 8. The van der Waals surface area contributed by atoms with Crippen molar-refractivity contribution in [2.24, 2.45) is 0 Å². The van der Waals surface area contributed by atoms with E-state index in [2.05, 4.69) is 5.32 Å². The Labute approximate surface area is 170 Å². The van der Waals surface area contributed by atoms with Gasteiger partial charge >= 0.3 is 5.97 Å². The molecular formula is C24H23NO4. The minimum Gasteiger partial charge on any atom is -0.497 e. The van der Waals surface area contributed by atoms with Gasteiger partial charge in [-0.05, 0) is 28.8 Å². The Morgan fingerprint density at radius 3 is 2.00 bits per heavy atom. The zero-order valence-electron chi connectivity index (χ0n) is 16.1.